The number of benzene rings is 4. The van der Waals surface area contributed by atoms with Crippen LogP contribution in [0.25, 0.3) is 44.2 Å². The van der Waals surface area contributed by atoms with Gasteiger partial charge in [0.05, 0.1) is 12.5 Å². The summed E-state index contributed by atoms with van der Waals surface area (Å²) in [6.07, 6.45) is 3.49. The van der Waals surface area contributed by atoms with E-state index in [2.05, 4.69) is 33.3 Å². The van der Waals surface area contributed by atoms with Gasteiger partial charge in [0.2, 0.25) is 5.55 Å². The minimum atomic E-state index is 0.404. The lowest BCUT2D eigenvalue weighted by Gasteiger charge is -2.11. The molecule has 2 heterocycles. The second-order valence-electron chi connectivity index (χ2n) is 9.20. The molecule has 0 aliphatic heterocycles. The van der Waals surface area contributed by atoms with Crippen molar-refractivity contribution < 1.29 is 8.83 Å². The number of fused-ring (bicyclic) bond motifs is 2. The van der Waals surface area contributed by atoms with E-state index in [4.69, 9.17) is 20.4 Å². The van der Waals surface area contributed by atoms with Crippen molar-refractivity contribution in [1.29, 1.82) is 0 Å². The first-order chi connectivity index (χ1) is 18.5. The Balaban J connectivity index is 1.48. The third-order valence-electron chi connectivity index (χ3n) is 6.46. The van der Waals surface area contributed by atoms with E-state index in [0.29, 0.717) is 16.2 Å². The normalized spacial score (nSPS) is 12.1. The van der Waals surface area contributed by atoms with Crippen LogP contribution in [0.3, 0.4) is 0 Å². The van der Waals surface area contributed by atoms with Gasteiger partial charge in [-0.05, 0) is 52.6 Å². The van der Waals surface area contributed by atoms with Crippen molar-refractivity contribution in [1.82, 2.24) is 0 Å². The molecule has 6 heteroatoms. The first-order valence-electron chi connectivity index (χ1n) is 12.2. The summed E-state index contributed by atoms with van der Waals surface area (Å²) in [4.78, 5) is 2.05. The van der Waals surface area contributed by atoms with Crippen molar-refractivity contribution in [2.45, 2.75) is 0 Å². The molecule has 0 saturated carbocycles. The van der Waals surface area contributed by atoms with Crippen molar-refractivity contribution in [3.05, 3.63) is 119 Å². The van der Waals surface area contributed by atoms with Crippen LogP contribution in [0, 0.1) is 0 Å². The lowest BCUT2D eigenvalue weighted by Crippen LogP contribution is -2.08. The van der Waals surface area contributed by atoms with E-state index < -0.39 is 0 Å². The van der Waals surface area contributed by atoms with Gasteiger partial charge in [-0.3, -0.25) is 0 Å². The monoisotopic (exact) mass is 517 g/mol. The van der Waals surface area contributed by atoms with Gasteiger partial charge in [-0.25, -0.2) is 0 Å². The number of halogens is 1. The molecule has 0 aliphatic rings. The summed E-state index contributed by atoms with van der Waals surface area (Å²) in [5.74, 6) is 0. The van der Waals surface area contributed by atoms with Crippen LogP contribution in [0.5, 0.6) is 0 Å². The molecule has 5 nitrogen and oxygen atoms in total. The van der Waals surface area contributed by atoms with E-state index in [9.17, 15) is 0 Å². The molecular weight excluding hydrogens is 494 g/mol. The Bertz CT molecular complexity index is 1830. The minimum Gasteiger partial charge on any atom is -0.464 e. The standard InChI is InChI=1S/C32H24ClN3O2/c1-36(2)25-14-8-21(9-15-25)19-34-35-32-17-26(22-6-4-3-5-7-22)27-16-28-29(23-10-12-24(33)13-11-23)20-37-30(28)18-31(27)38-32/h3-20H,1-2H3. The molecule has 2 aromatic heterocycles. The summed E-state index contributed by atoms with van der Waals surface area (Å²) in [5, 5.41) is 11.3. The Kier molecular flexibility index (Phi) is 6.28. The smallest absolute Gasteiger partial charge is 0.239 e. The summed E-state index contributed by atoms with van der Waals surface area (Å²) in [5.41, 5.74) is 7.97. The van der Waals surface area contributed by atoms with Crippen molar-refractivity contribution in [3.63, 3.8) is 0 Å². The van der Waals surface area contributed by atoms with Crippen molar-refractivity contribution in [3.8, 4) is 22.3 Å². The van der Waals surface area contributed by atoms with Crippen LogP contribution in [0.1, 0.15) is 5.56 Å². The van der Waals surface area contributed by atoms with E-state index >= 15 is 0 Å². The number of nitrogens with zero attached hydrogens (tertiary/aromatic N) is 3. The quantitative estimate of drug-likeness (QED) is 0.171. The van der Waals surface area contributed by atoms with E-state index in [0.717, 1.165) is 49.9 Å². The van der Waals surface area contributed by atoms with Crippen molar-refractivity contribution >= 4 is 45.4 Å². The molecule has 6 aromatic rings. The van der Waals surface area contributed by atoms with Crippen LogP contribution in [-0.4, -0.2) is 20.3 Å². The summed E-state index contributed by atoms with van der Waals surface area (Å²) in [7, 11) is 4.03. The molecular formula is C32H24ClN3O2. The molecule has 0 radical (unpaired) electrons. The minimum absolute atomic E-state index is 0.404. The first-order valence-corrected chi connectivity index (χ1v) is 12.6. The van der Waals surface area contributed by atoms with Crippen LogP contribution >= 0.6 is 11.6 Å². The Hall–Kier alpha value is -4.61. The van der Waals surface area contributed by atoms with Crippen LogP contribution in [-0.2, 0) is 0 Å². The summed E-state index contributed by atoms with van der Waals surface area (Å²) < 4.78 is 12.1. The van der Waals surface area contributed by atoms with Gasteiger partial charge in [0.25, 0.3) is 0 Å². The molecule has 0 amide bonds. The predicted molar refractivity (Wildman–Crippen MR) is 156 cm³/mol. The molecule has 186 valence electrons. The molecule has 0 bridgehead atoms. The van der Waals surface area contributed by atoms with Crippen molar-refractivity contribution in [2.75, 3.05) is 19.0 Å². The van der Waals surface area contributed by atoms with Gasteiger partial charge < -0.3 is 13.7 Å². The number of anilines is 1. The molecule has 0 saturated heterocycles. The molecule has 0 atom stereocenters. The molecule has 0 spiro atoms. The van der Waals surface area contributed by atoms with Crippen LogP contribution in [0.15, 0.2) is 122 Å². The lowest BCUT2D eigenvalue weighted by atomic mass is 9.98. The third-order valence-corrected chi connectivity index (χ3v) is 6.71. The molecule has 38 heavy (non-hydrogen) atoms. The van der Waals surface area contributed by atoms with Gasteiger partial charge in [0.1, 0.15) is 11.2 Å². The maximum absolute atomic E-state index is 6.19. The van der Waals surface area contributed by atoms with E-state index in [-0.39, 0.29) is 0 Å². The molecule has 0 aliphatic carbocycles. The Morgan fingerprint density at radius 3 is 2.18 bits per heavy atom. The second-order valence-corrected chi connectivity index (χ2v) is 9.63. The number of hydrogen-bond acceptors (Lipinski definition) is 5. The number of hydrogen-bond donors (Lipinski definition) is 0. The van der Waals surface area contributed by atoms with E-state index in [1.165, 1.54) is 0 Å². The predicted octanol–water partition coefficient (Wildman–Crippen LogP) is 8.17. The van der Waals surface area contributed by atoms with Crippen molar-refractivity contribution in [2.24, 2.45) is 10.2 Å². The zero-order valence-electron chi connectivity index (χ0n) is 20.9. The maximum atomic E-state index is 6.19. The first kappa shape index (κ1) is 23.8. The molecule has 4 aromatic carbocycles. The summed E-state index contributed by atoms with van der Waals surface area (Å²) in [6, 6.07) is 32.0. The Labute approximate surface area is 224 Å². The second kappa shape index (κ2) is 10.0. The van der Waals surface area contributed by atoms with E-state index in [1.54, 1.807) is 12.5 Å². The molecule has 0 N–H and O–H groups in total. The zero-order valence-corrected chi connectivity index (χ0v) is 21.7. The summed E-state index contributed by atoms with van der Waals surface area (Å²) in [6.45, 7) is 0. The molecule has 0 fully saturated rings. The zero-order chi connectivity index (χ0) is 26.1. The van der Waals surface area contributed by atoms with Gasteiger partial charge in [-0.15, -0.1) is 5.10 Å². The van der Waals surface area contributed by atoms with Crippen LogP contribution < -0.4 is 10.5 Å². The molecule has 6 rings (SSSR count). The highest BCUT2D eigenvalue weighted by atomic mass is 35.5. The largest absolute Gasteiger partial charge is 0.464 e. The highest BCUT2D eigenvalue weighted by molar-refractivity contribution is 6.30. The van der Waals surface area contributed by atoms with Crippen LogP contribution in [0.2, 0.25) is 5.02 Å². The highest BCUT2D eigenvalue weighted by Crippen LogP contribution is 2.36. The average Bonchev–Trinajstić information content (AvgIpc) is 3.35. The SMILES string of the molecule is CN(C)c1ccc(C=NN=c2cc(-c3ccccc3)c3cc4c(-c5ccc(Cl)cc5)coc4cc3o2)cc1. The van der Waals surface area contributed by atoms with Gasteiger partial charge in [-0.1, -0.05) is 66.2 Å². The number of rotatable bonds is 5. The fourth-order valence-corrected chi connectivity index (χ4v) is 4.59. The highest BCUT2D eigenvalue weighted by Gasteiger charge is 2.14. The van der Waals surface area contributed by atoms with E-state index in [1.807, 2.05) is 93.0 Å². The summed E-state index contributed by atoms with van der Waals surface area (Å²) >= 11 is 6.10. The van der Waals surface area contributed by atoms with Gasteiger partial charge in [0.15, 0.2) is 0 Å². The fourth-order valence-electron chi connectivity index (χ4n) is 4.46. The topological polar surface area (TPSA) is 54.2 Å². The third kappa shape index (κ3) is 4.72. The van der Waals surface area contributed by atoms with Crippen LogP contribution in [0.4, 0.5) is 5.69 Å². The van der Waals surface area contributed by atoms with Gasteiger partial charge in [0, 0.05) is 53.3 Å². The van der Waals surface area contributed by atoms with Gasteiger partial charge >= 0.3 is 0 Å². The Morgan fingerprint density at radius 1 is 0.737 bits per heavy atom. The number of furan rings is 1. The average molecular weight is 518 g/mol. The lowest BCUT2D eigenvalue weighted by molar-refractivity contribution is 0.537. The van der Waals surface area contributed by atoms with Gasteiger partial charge in [-0.2, -0.15) is 5.10 Å². The Morgan fingerprint density at radius 2 is 1.45 bits per heavy atom. The maximum Gasteiger partial charge on any atom is 0.239 e. The fraction of sp³-hybridized carbons (Fsp3) is 0.0625. The molecule has 0 unspecified atom stereocenters.